The van der Waals surface area contributed by atoms with Crippen molar-refractivity contribution in [1.29, 1.82) is 0 Å². The summed E-state index contributed by atoms with van der Waals surface area (Å²) < 4.78 is 27.4. The van der Waals surface area contributed by atoms with E-state index in [0.717, 1.165) is 31.9 Å². The number of piperazine rings is 1. The fourth-order valence-corrected chi connectivity index (χ4v) is 4.88. The minimum atomic E-state index is -3.54. The van der Waals surface area contributed by atoms with Crippen LogP contribution in [0.1, 0.15) is 0 Å². The van der Waals surface area contributed by atoms with E-state index >= 15 is 0 Å². The van der Waals surface area contributed by atoms with Crippen molar-refractivity contribution < 1.29 is 8.42 Å². The molecule has 0 bridgehead atoms. The Labute approximate surface area is 167 Å². The molecule has 0 spiro atoms. The molecule has 3 aromatic rings. The third-order valence-electron chi connectivity index (χ3n) is 4.21. The molecule has 1 aromatic carbocycles. The number of nitrogens with zero attached hydrogens (tertiary/aromatic N) is 3. The van der Waals surface area contributed by atoms with Gasteiger partial charge in [0.15, 0.2) is 0 Å². The van der Waals surface area contributed by atoms with Crippen LogP contribution in [0.3, 0.4) is 0 Å². The average Bonchev–Trinajstić information content (AvgIpc) is 3.26. The van der Waals surface area contributed by atoms with E-state index in [-0.39, 0.29) is 4.21 Å². The molecular weight excluding hydrogens is 396 g/mol. The minimum absolute atomic E-state index is 0.288. The summed E-state index contributed by atoms with van der Waals surface area (Å²) in [4.78, 5) is 11.1. The maximum absolute atomic E-state index is 12.3. The van der Waals surface area contributed by atoms with Gasteiger partial charge in [0, 0.05) is 43.8 Å². The molecule has 0 saturated carbocycles. The SMILES string of the molecule is O=S(=O)(Nc1ccc(Nc2ccnc(N3CCNCC3)n2)cc1)c1cccs1. The first-order valence-electron chi connectivity index (χ1n) is 8.82. The van der Waals surface area contributed by atoms with Crippen LogP contribution >= 0.6 is 11.3 Å². The number of anilines is 4. The van der Waals surface area contributed by atoms with E-state index in [4.69, 9.17) is 0 Å². The maximum atomic E-state index is 12.3. The summed E-state index contributed by atoms with van der Waals surface area (Å²) in [7, 11) is -3.54. The molecule has 10 heteroatoms. The molecule has 146 valence electrons. The van der Waals surface area contributed by atoms with Crippen molar-refractivity contribution in [2.24, 2.45) is 0 Å². The van der Waals surface area contributed by atoms with Crippen molar-refractivity contribution in [3.8, 4) is 0 Å². The van der Waals surface area contributed by atoms with Crippen LogP contribution in [0.4, 0.5) is 23.1 Å². The topological polar surface area (TPSA) is 99.2 Å². The van der Waals surface area contributed by atoms with Gasteiger partial charge in [0.2, 0.25) is 5.95 Å². The van der Waals surface area contributed by atoms with Crippen LogP contribution in [-0.4, -0.2) is 44.6 Å². The average molecular weight is 417 g/mol. The molecule has 0 unspecified atom stereocenters. The largest absolute Gasteiger partial charge is 0.340 e. The number of sulfonamides is 1. The van der Waals surface area contributed by atoms with Gasteiger partial charge < -0.3 is 15.5 Å². The van der Waals surface area contributed by atoms with Gasteiger partial charge in [0.1, 0.15) is 10.0 Å². The van der Waals surface area contributed by atoms with Crippen LogP contribution < -0.4 is 20.3 Å². The van der Waals surface area contributed by atoms with E-state index in [2.05, 4.69) is 30.2 Å². The summed E-state index contributed by atoms with van der Waals surface area (Å²) in [6.07, 6.45) is 1.73. The highest BCUT2D eigenvalue weighted by Crippen LogP contribution is 2.23. The Morgan fingerprint density at radius 3 is 2.50 bits per heavy atom. The number of rotatable bonds is 6. The third kappa shape index (κ3) is 4.41. The van der Waals surface area contributed by atoms with Crippen molar-refractivity contribution in [2.45, 2.75) is 4.21 Å². The maximum Gasteiger partial charge on any atom is 0.271 e. The van der Waals surface area contributed by atoms with Gasteiger partial charge in [-0.2, -0.15) is 4.98 Å². The summed E-state index contributed by atoms with van der Waals surface area (Å²) in [5, 5.41) is 8.27. The molecule has 1 fully saturated rings. The lowest BCUT2D eigenvalue weighted by Crippen LogP contribution is -2.44. The molecule has 8 nitrogen and oxygen atoms in total. The molecule has 0 aliphatic carbocycles. The molecule has 28 heavy (non-hydrogen) atoms. The molecule has 4 rings (SSSR count). The van der Waals surface area contributed by atoms with Gasteiger partial charge in [-0.3, -0.25) is 4.72 Å². The fourth-order valence-electron chi connectivity index (χ4n) is 2.83. The van der Waals surface area contributed by atoms with Crippen molar-refractivity contribution in [3.05, 3.63) is 54.0 Å². The van der Waals surface area contributed by atoms with Crippen molar-refractivity contribution in [2.75, 3.05) is 41.1 Å². The summed E-state index contributed by atoms with van der Waals surface area (Å²) >= 11 is 1.18. The highest BCUT2D eigenvalue weighted by Gasteiger charge is 2.15. The summed E-state index contributed by atoms with van der Waals surface area (Å²) in [5.41, 5.74) is 1.31. The molecule has 3 heterocycles. The van der Waals surface area contributed by atoms with Crippen LogP contribution in [0, 0.1) is 0 Å². The Balaban J connectivity index is 1.43. The second-order valence-corrected chi connectivity index (χ2v) is 9.08. The first-order chi connectivity index (χ1) is 13.6. The van der Waals surface area contributed by atoms with Crippen LogP contribution in [0.25, 0.3) is 0 Å². The number of nitrogens with one attached hydrogen (secondary N) is 3. The van der Waals surface area contributed by atoms with E-state index in [1.807, 2.05) is 0 Å². The van der Waals surface area contributed by atoms with Gasteiger partial charge in [-0.25, -0.2) is 13.4 Å². The zero-order valence-corrected chi connectivity index (χ0v) is 16.6. The van der Waals surface area contributed by atoms with E-state index in [1.165, 1.54) is 11.3 Å². The lowest BCUT2D eigenvalue weighted by Gasteiger charge is -2.27. The van der Waals surface area contributed by atoms with Gasteiger partial charge in [0.05, 0.1) is 0 Å². The molecule has 1 aliphatic rings. The Bertz CT molecular complexity index is 1020. The Morgan fingerprint density at radius 1 is 1.04 bits per heavy atom. The standard InChI is InChI=1S/C18H20N6O2S2/c25-28(26,17-2-1-13-27-17)23-15-5-3-14(4-6-15)21-16-7-8-20-18(22-16)24-11-9-19-10-12-24/h1-8,13,19,23H,9-12H2,(H,20,21,22). The number of benzene rings is 1. The molecule has 0 amide bonds. The molecule has 2 aromatic heterocycles. The van der Waals surface area contributed by atoms with Gasteiger partial charge in [-0.05, 0) is 41.8 Å². The summed E-state index contributed by atoms with van der Waals surface area (Å²) in [6, 6.07) is 12.1. The quantitative estimate of drug-likeness (QED) is 0.568. The van der Waals surface area contributed by atoms with Gasteiger partial charge in [0.25, 0.3) is 10.0 Å². The predicted molar refractivity (Wildman–Crippen MR) is 112 cm³/mol. The smallest absolute Gasteiger partial charge is 0.271 e. The first-order valence-corrected chi connectivity index (χ1v) is 11.2. The molecule has 0 atom stereocenters. The fraction of sp³-hybridized carbons (Fsp3) is 0.222. The Kier molecular flexibility index (Phi) is 5.42. The number of thiophene rings is 1. The Morgan fingerprint density at radius 2 is 1.79 bits per heavy atom. The zero-order valence-electron chi connectivity index (χ0n) is 15.0. The second kappa shape index (κ2) is 8.13. The molecule has 1 aliphatic heterocycles. The second-order valence-electron chi connectivity index (χ2n) is 6.22. The first kappa shape index (κ1) is 18.7. The van der Waals surface area contributed by atoms with Crippen LogP contribution in [-0.2, 0) is 10.0 Å². The zero-order chi connectivity index (χ0) is 19.4. The molecule has 3 N–H and O–H groups in total. The lowest BCUT2D eigenvalue weighted by atomic mass is 10.3. The monoisotopic (exact) mass is 416 g/mol. The number of hydrogen-bond donors (Lipinski definition) is 3. The minimum Gasteiger partial charge on any atom is -0.340 e. The van der Waals surface area contributed by atoms with E-state index in [0.29, 0.717) is 17.5 Å². The summed E-state index contributed by atoms with van der Waals surface area (Å²) in [6.45, 7) is 3.60. The van der Waals surface area contributed by atoms with Crippen molar-refractivity contribution in [3.63, 3.8) is 0 Å². The van der Waals surface area contributed by atoms with E-state index in [9.17, 15) is 8.42 Å². The van der Waals surface area contributed by atoms with Gasteiger partial charge in [-0.15, -0.1) is 11.3 Å². The van der Waals surface area contributed by atoms with Crippen molar-refractivity contribution in [1.82, 2.24) is 15.3 Å². The van der Waals surface area contributed by atoms with E-state index < -0.39 is 10.0 Å². The van der Waals surface area contributed by atoms with Crippen LogP contribution in [0.15, 0.2) is 58.3 Å². The highest BCUT2D eigenvalue weighted by atomic mass is 32.2. The summed E-state index contributed by atoms with van der Waals surface area (Å²) in [5.74, 6) is 1.39. The lowest BCUT2D eigenvalue weighted by molar-refractivity contribution is 0.580. The molecule has 0 radical (unpaired) electrons. The molecular formula is C18H20N6O2S2. The van der Waals surface area contributed by atoms with Gasteiger partial charge in [-0.1, -0.05) is 6.07 Å². The normalized spacial score (nSPS) is 14.6. The highest BCUT2D eigenvalue weighted by molar-refractivity contribution is 7.94. The predicted octanol–water partition coefficient (Wildman–Crippen LogP) is 2.49. The third-order valence-corrected chi connectivity index (χ3v) is 6.99. The number of hydrogen-bond acceptors (Lipinski definition) is 8. The number of aromatic nitrogens is 2. The van der Waals surface area contributed by atoms with Crippen LogP contribution in [0.5, 0.6) is 0 Å². The Hall–Kier alpha value is -2.69. The molecule has 1 saturated heterocycles. The van der Waals surface area contributed by atoms with Crippen LogP contribution in [0.2, 0.25) is 0 Å². The van der Waals surface area contributed by atoms with Crippen molar-refractivity contribution >= 4 is 44.5 Å². The van der Waals surface area contributed by atoms with E-state index in [1.54, 1.807) is 54.0 Å². The van der Waals surface area contributed by atoms with Gasteiger partial charge >= 0.3 is 0 Å².